The van der Waals surface area contributed by atoms with Crippen LogP contribution in [-0.4, -0.2) is 38.1 Å². The smallest absolute Gasteiger partial charge is 0.258 e. The van der Waals surface area contributed by atoms with Gasteiger partial charge < -0.3 is 20.1 Å². The predicted octanol–water partition coefficient (Wildman–Crippen LogP) is 5.62. The van der Waals surface area contributed by atoms with Crippen LogP contribution in [0.4, 0.5) is 11.4 Å². The fourth-order valence-corrected chi connectivity index (χ4v) is 4.84. The highest BCUT2D eigenvalue weighted by molar-refractivity contribution is 6.37. The highest BCUT2D eigenvalue weighted by atomic mass is 16.5. The van der Waals surface area contributed by atoms with Crippen molar-refractivity contribution in [3.63, 3.8) is 0 Å². The van der Waals surface area contributed by atoms with Crippen LogP contribution in [0.2, 0.25) is 0 Å². The maximum atomic E-state index is 13.2. The van der Waals surface area contributed by atoms with Crippen molar-refractivity contribution < 1.29 is 14.3 Å². The lowest BCUT2D eigenvalue weighted by Crippen LogP contribution is -2.29. The Balaban J connectivity index is 1.51. The number of likely N-dealkylation sites (tertiary alicyclic amines) is 1. The van der Waals surface area contributed by atoms with Gasteiger partial charge >= 0.3 is 0 Å². The van der Waals surface area contributed by atoms with Crippen LogP contribution in [0.3, 0.4) is 0 Å². The fraction of sp³-hybridized carbons (Fsp3) is 0.276. The first-order chi connectivity index (χ1) is 17.2. The topological polar surface area (TPSA) is 62.8 Å². The SMILES string of the molecule is COc1cc2c(cc1OC)/C(=C(/Nc1ccc(CN3CCCCC3)cc1)c1ccccc1)C(=O)N2. The monoisotopic (exact) mass is 469 g/mol. The summed E-state index contributed by atoms with van der Waals surface area (Å²) in [6.45, 7) is 3.32. The molecule has 2 aliphatic rings. The third kappa shape index (κ3) is 4.88. The van der Waals surface area contributed by atoms with Gasteiger partial charge in [-0.1, -0.05) is 48.9 Å². The molecule has 1 saturated heterocycles. The van der Waals surface area contributed by atoms with E-state index in [-0.39, 0.29) is 5.91 Å². The van der Waals surface area contributed by atoms with E-state index in [1.807, 2.05) is 36.4 Å². The van der Waals surface area contributed by atoms with E-state index in [1.54, 1.807) is 20.3 Å². The number of hydrogen-bond donors (Lipinski definition) is 2. The van der Waals surface area contributed by atoms with E-state index in [0.717, 1.165) is 29.1 Å². The first kappa shape index (κ1) is 23.0. The third-order valence-corrected chi connectivity index (χ3v) is 6.66. The van der Waals surface area contributed by atoms with Crippen LogP contribution in [0.15, 0.2) is 66.7 Å². The predicted molar refractivity (Wildman–Crippen MR) is 141 cm³/mol. The lowest BCUT2D eigenvalue weighted by atomic mass is 9.99. The Labute approximate surface area is 206 Å². The van der Waals surface area contributed by atoms with E-state index >= 15 is 0 Å². The van der Waals surface area contributed by atoms with Gasteiger partial charge in [0.25, 0.3) is 5.91 Å². The van der Waals surface area contributed by atoms with Crippen molar-refractivity contribution in [2.24, 2.45) is 0 Å². The van der Waals surface area contributed by atoms with Gasteiger partial charge in [0.2, 0.25) is 0 Å². The van der Waals surface area contributed by atoms with E-state index in [1.165, 1.54) is 37.9 Å². The quantitative estimate of drug-likeness (QED) is 0.440. The van der Waals surface area contributed by atoms with Crippen LogP contribution < -0.4 is 20.1 Å². The molecule has 6 heteroatoms. The van der Waals surface area contributed by atoms with E-state index < -0.39 is 0 Å². The lowest BCUT2D eigenvalue weighted by Gasteiger charge is -2.26. The van der Waals surface area contributed by atoms with Gasteiger partial charge in [0.15, 0.2) is 11.5 Å². The van der Waals surface area contributed by atoms with Crippen molar-refractivity contribution in [3.05, 3.63) is 83.4 Å². The maximum Gasteiger partial charge on any atom is 0.258 e. The second kappa shape index (κ2) is 10.2. The maximum absolute atomic E-state index is 13.2. The number of nitrogens with one attached hydrogen (secondary N) is 2. The van der Waals surface area contributed by atoms with Gasteiger partial charge in [-0.25, -0.2) is 0 Å². The summed E-state index contributed by atoms with van der Waals surface area (Å²) < 4.78 is 10.9. The minimum Gasteiger partial charge on any atom is -0.493 e. The second-order valence-corrected chi connectivity index (χ2v) is 8.98. The Bertz CT molecular complexity index is 1230. The minimum absolute atomic E-state index is 0.164. The molecule has 2 N–H and O–H groups in total. The molecule has 2 aliphatic heterocycles. The number of hydrogen-bond acceptors (Lipinski definition) is 5. The number of carbonyl (C=O) groups excluding carboxylic acids is 1. The van der Waals surface area contributed by atoms with Crippen LogP contribution in [0.5, 0.6) is 11.5 Å². The molecule has 5 rings (SSSR count). The number of amides is 1. The van der Waals surface area contributed by atoms with Gasteiger partial charge in [0, 0.05) is 23.9 Å². The van der Waals surface area contributed by atoms with Crippen molar-refractivity contribution in [2.75, 3.05) is 37.9 Å². The van der Waals surface area contributed by atoms with Crippen LogP contribution in [0.1, 0.15) is 36.0 Å². The molecule has 0 unspecified atom stereocenters. The van der Waals surface area contributed by atoms with Gasteiger partial charge in [0.1, 0.15) is 0 Å². The zero-order valence-corrected chi connectivity index (χ0v) is 20.3. The zero-order valence-electron chi connectivity index (χ0n) is 20.3. The molecule has 0 aliphatic carbocycles. The molecule has 180 valence electrons. The number of fused-ring (bicyclic) bond motifs is 1. The first-order valence-electron chi connectivity index (χ1n) is 12.1. The summed E-state index contributed by atoms with van der Waals surface area (Å²) in [5.74, 6) is 0.990. The normalized spacial score (nSPS) is 16.9. The third-order valence-electron chi connectivity index (χ3n) is 6.66. The van der Waals surface area contributed by atoms with Crippen molar-refractivity contribution in [2.45, 2.75) is 25.8 Å². The molecule has 0 radical (unpaired) electrons. The molecule has 1 amide bonds. The van der Waals surface area contributed by atoms with E-state index in [2.05, 4.69) is 39.8 Å². The number of anilines is 2. The van der Waals surface area contributed by atoms with Crippen LogP contribution in [0.25, 0.3) is 11.3 Å². The molecule has 3 aromatic carbocycles. The molecule has 35 heavy (non-hydrogen) atoms. The number of nitrogens with zero attached hydrogens (tertiary/aromatic N) is 1. The van der Waals surface area contributed by atoms with Crippen molar-refractivity contribution in [1.29, 1.82) is 0 Å². The molecule has 0 aromatic heterocycles. The summed E-state index contributed by atoms with van der Waals surface area (Å²) in [6, 6.07) is 22.1. The van der Waals surface area contributed by atoms with Gasteiger partial charge in [-0.2, -0.15) is 0 Å². The minimum atomic E-state index is -0.164. The standard InChI is InChI=1S/C29H31N3O3/c1-34-25-17-23-24(18-26(25)35-2)31-29(33)27(23)28(21-9-5-3-6-10-21)30-22-13-11-20(12-14-22)19-32-15-7-4-8-16-32/h3,5-6,9-14,17-18,30H,4,7-8,15-16,19H2,1-2H3,(H,31,33)/b28-27-. The van der Waals surface area contributed by atoms with E-state index in [4.69, 9.17) is 9.47 Å². The highest BCUT2D eigenvalue weighted by Crippen LogP contribution is 2.43. The molecule has 0 spiro atoms. The molecular formula is C29H31N3O3. The summed E-state index contributed by atoms with van der Waals surface area (Å²) >= 11 is 0. The first-order valence-corrected chi connectivity index (χ1v) is 12.1. The summed E-state index contributed by atoms with van der Waals surface area (Å²) in [5.41, 5.74) is 5.96. The van der Waals surface area contributed by atoms with Crippen molar-refractivity contribution in [3.8, 4) is 11.5 Å². The molecule has 3 aromatic rings. The molecule has 1 fully saturated rings. The lowest BCUT2D eigenvalue weighted by molar-refractivity contribution is -0.110. The van der Waals surface area contributed by atoms with Gasteiger partial charge in [0.05, 0.1) is 31.2 Å². The Morgan fingerprint density at radius 2 is 1.60 bits per heavy atom. The summed E-state index contributed by atoms with van der Waals surface area (Å²) in [5, 5.41) is 6.52. The number of rotatable bonds is 7. The average Bonchev–Trinajstić information content (AvgIpc) is 3.22. The van der Waals surface area contributed by atoms with E-state index in [9.17, 15) is 4.79 Å². The molecule has 6 nitrogen and oxygen atoms in total. The molecule has 0 bridgehead atoms. The average molecular weight is 470 g/mol. The highest BCUT2D eigenvalue weighted by Gasteiger charge is 2.30. The zero-order chi connectivity index (χ0) is 24.2. The fourth-order valence-electron chi connectivity index (χ4n) is 4.84. The Hall–Kier alpha value is -3.77. The van der Waals surface area contributed by atoms with Crippen molar-refractivity contribution >= 4 is 28.6 Å². The van der Waals surface area contributed by atoms with Crippen LogP contribution in [0, 0.1) is 0 Å². The summed E-state index contributed by atoms with van der Waals surface area (Å²) in [4.78, 5) is 15.7. The number of benzene rings is 3. The number of carbonyl (C=O) groups is 1. The number of piperidine rings is 1. The van der Waals surface area contributed by atoms with Gasteiger partial charge in [-0.15, -0.1) is 0 Å². The van der Waals surface area contributed by atoms with E-state index in [0.29, 0.717) is 22.8 Å². The Kier molecular flexibility index (Phi) is 6.73. The molecule has 0 saturated carbocycles. The van der Waals surface area contributed by atoms with Crippen LogP contribution >= 0.6 is 0 Å². The summed E-state index contributed by atoms with van der Waals surface area (Å²) in [6.07, 6.45) is 3.91. The molecule has 0 atom stereocenters. The molecule has 2 heterocycles. The largest absolute Gasteiger partial charge is 0.493 e. The Morgan fingerprint density at radius 1 is 0.914 bits per heavy atom. The molecular weight excluding hydrogens is 438 g/mol. The van der Waals surface area contributed by atoms with Crippen molar-refractivity contribution in [1.82, 2.24) is 4.90 Å². The number of ether oxygens (including phenoxy) is 2. The number of methoxy groups -OCH3 is 2. The van der Waals surface area contributed by atoms with Gasteiger partial charge in [-0.05, 0) is 55.3 Å². The van der Waals surface area contributed by atoms with Crippen LogP contribution in [-0.2, 0) is 11.3 Å². The van der Waals surface area contributed by atoms with Gasteiger partial charge in [-0.3, -0.25) is 9.69 Å². The Morgan fingerprint density at radius 3 is 2.29 bits per heavy atom. The second-order valence-electron chi connectivity index (χ2n) is 8.98. The summed E-state index contributed by atoms with van der Waals surface area (Å²) in [7, 11) is 3.18.